The molecule has 0 spiro atoms. The third kappa shape index (κ3) is 5.83. The number of carbonyl (C=O) groups is 2. The first kappa shape index (κ1) is 23.5. The van der Waals surface area contributed by atoms with Gasteiger partial charge in [0.15, 0.2) is 4.32 Å². The Kier molecular flexibility index (Phi) is 7.49. The first-order valence-electron chi connectivity index (χ1n) is 9.71. The van der Waals surface area contributed by atoms with Crippen molar-refractivity contribution in [3.05, 3.63) is 104 Å². The zero-order valence-corrected chi connectivity index (χ0v) is 20.9. The van der Waals surface area contributed by atoms with E-state index in [9.17, 15) is 9.59 Å². The number of ether oxygens (including phenoxy) is 1. The molecule has 1 aliphatic rings. The van der Waals surface area contributed by atoms with Gasteiger partial charge in [0, 0.05) is 10.6 Å². The summed E-state index contributed by atoms with van der Waals surface area (Å²) < 4.78 is 6.88. The molecule has 9 heteroatoms. The van der Waals surface area contributed by atoms with E-state index >= 15 is 0 Å². The van der Waals surface area contributed by atoms with Gasteiger partial charge in [-0.25, -0.2) is 0 Å². The van der Waals surface area contributed by atoms with Gasteiger partial charge < -0.3 is 4.74 Å². The lowest BCUT2D eigenvalue weighted by atomic mass is 10.2. The van der Waals surface area contributed by atoms with E-state index in [1.165, 1.54) is 0 Å². The van der Waals surface area contributed by atoms with Gasteiger partial charge in [-0.15, -0.1) is 0 Å². The molecule has 3 aromatic rings. The number of hydrogen-bond donors (Lipinski definition) is 1. The second kappa shape index (κ2) is 10.5. The van der Waals surface area contributed by atoms with Crippen LogP contribution in [0.2, 0.25) is 5.02 Å². The molecule has 4 rings (SSSR count). The van der Waals surface area contributed by atoms with Crippen molar-refractivity contribution in [2.75, 3.05) is 0 Å². The van der Waals surface area contributed by atoms with E-state index in [-0.39, 0.29) is 10.2 Å². The standard InChI is InChI=1S/C24H16BrClN2O3S2/c25-19-12-16(8-11-20(19)31-14-15-6-9-18(26)10-7-15)13-21-23(30)28(24(32)33-21)27-22(29)17-4-2-1-3-5-17/h1-13H,14H2,(H,27,29)/b21-13+. The molecule has 0 bridgehead atoms. The Labute approximate surface area is 213 Å². The molecule has 0 radical (unpaired) electrons. The Morgan fingerprint density at radius 1 is 1.12 bits per heavy atom. The summed E-state index contributed by atoms with van der Waals surface area (Å²) in [6.07, 6.45) is 1.72. The first-order chi connectivity index (χ1) is 15.9. The third-order valence-corrected chi connectivity index (χ3v) is 6.78. The number of thiocarbonyl (C=S) groups is 1. The van der Waals surface area contributed by atoms with Crippen LogP contribution in [0.4, 0.5) is 0 Å². The molecule has 0 unspecified atom stereocenters. The molecule has 1 fully saturated rings. The van der Waals surface area contributed by atoms with E-state index in [2.05, 4.69) is 21.4 Å². The van der Waals surface area contributed by atoms with Crippen LogP contribution in [0.3, 0.4) is 0 Å². The average Bonchev–Trinajstić information content (AvgIpc) is 3.07. The third-order valence-electron chi connectivity index (χ3n) is 4.60. The maximum absolute atomic E-state index is 12.8. The number of carbonyl (C=O) groups excluding carboxylic acids is 2. The average molecular weight is 560 g/mol. The minimum absolute atomic E-state index is 0.262. The number of benzene rings is 3. The largest absolute Gasteiger partial charge is 0.488 e. The molecule has 166 valence electrons. The maximum atomic E-state index is 12.8. The highest BCUT2D eigenvalue weighted by atomic mass is 79.9. The number of nitrogens with one attached hydrogen (secondary N) is 1. The van der Waals surface area contributed by atoms with Crippen LogP contribution in [0.1, 0.15) is 21.5 Å². The summed E-state index contributed by atoms with van der Waals surface area (Å²) in [7, 11) is 0. The quantitative estimate of drug-likeness (QED) is 0.287. The van der Waals surface area contributed by atoms with Gasteiger partial charge in [0.25, 0.3) is 11.8 Å². The molecule has 1 saturated heterocycles. The number of thioether (sulfide) groups is 1. The molecule has 5 nitrogen and oxygen atoms in total. The van der Waals surface area contributed by atoms with Crippen molar-refractivity contribution in [3.8, 4) is 5.75 Å². The maximum Gasteiger partial charge on any atom is 0.285 e. The van der Waals surface area contributed by atoms with Crippen molar-refractivity contribution in [1.82, 2.24) is 10.4 Å². The minimum atomic E-state index is -0.405. The summed E-state index contributed by atoms with van der Waals surface area (Å²) in [4.78, 5) is 25.6. The zero-order valence-electron chi connectivity index (χ0n) is 17.0. The number of hydrogen-bond acceptors (Lipinski definition) is 5. The Morgan fingerprint density at radius 2 is 1.85 bits per heavy atom. The van der Waals surface area contributed by atoms with E-state index in [0.29, 0.717) is 27.8 Å². The highest BCUT2D eigenvalue weighted by Crippen LogP contribution is 2.33. The fourth-order valence-electron chi connectivity index (χ4n) is 2.94. The molecule has 0 saturated carbocycles. The SMILES string of the molecule is O=C(NN1C(=O)/C(=C\c2ccc(OCc3ccc(Cl)cc3)c(Br)c2)SC1=S)c1ccccc1. The second-order valence-corrected chi connectivity index (χ2v) is 9.90. The monoisotopic (exact) mass is 558 g/mol. The van der Waals surface area contributed by atoms with Gasteiger partial charge in [-0.05, 0) is 81.7 Å². The molecule has 33 heavy (non-hydrogen) atoms. The van der Waals surface area contributed by atoms with E-state index in [1.807, 2.05) is 48.5 Å². The lowest BCUT2D eigenvalue weighted by Gasteiger charge is -2.15. The molecule has 1 aliphatic heterocycles. The van der Waals surface area contributed by atoms with Crippen LogP contribution in [-0.4, -0.2) is 21.1 Å². The van der Waals surface area contributed by atoms with E-state index < -0.39 is 5.91 Å². The van der Waals surface area contributed by atoms with Crippen molar-refractivity contribution in [3.63, 3.8) is 0 Å². The minimum Gasteiger partial charge on any atom is -0.488 e. The van der Waals surface area contributed by atoms with Crippen molar-refractivity contribution in [2.24, 2.45) is 0 Å². The van der Waals surface area contributed by atoms with Crippen LogP contribution in [0.25, 0.3) is 6.08 Å². The van der Waals surface area contributed by atoms with Crippen molar-refractivity contribution < 1.29 is 14.3 Å². The van der Waals surface area contributed by atoms with Gasteiger partial charge in [-0.3, -0.25) is 15.0 Å². The molecule has 0 atom stereocenters. The Morgan fingerprint density at radius 3 is 2.55 bits per heavy atom. The van der Waals surface area contributed by atoms with E-state index in [1.54, 1.807) is 30.3 Å². The normalized spacial score (nSPS) is 14.6. The summed E-state index contributed by atoms with van der Waals surface area (Å²) in [6.45, 7) is 0.398. The number of amides is 2. The lowest BCUT2D eigenvalue weighted by Crippen LogP contribution is -2.44. The summed E-state index contributed by atoms with van der Waals surface area (Å²) in [5, 5.41) is 1.77. The van der Waals surface area contributed by atoms with Gasteiger partial charge >= 0.3 is 0 Å². The van der Waals surface area contributed by atoms with Crippen molar-refractivity contribution in [1.29, 1.82) is 0 Å². The molecular weight excluding hydrogens is 544 g/mol. The first-order valence-corrected chi connectivity index (χ1v) is 12.1. The number of halogens is 2. The van der Waals surface area contributed by atoms with Gasteiger partial charge in [0.1, 0.15) is 12.4 Å². The Balaban J connectivity index is 1.43. The van der Waals surface area contributed by atoms with Crippen LogP contribution >= 0.6 is 51.5 Å². The highest BCUT2D eigenvalue weighted by molar-refractivity contribution is 9.10. The Bertz CT molecular complexity index is 1250. The predicted octanol–water partition coefficient (Wildman–Crippen LogP) is 6.23. The highest BCUT2D eigenvalue weighted by Gasteiger charge is 2.33. The Hall–Kier alpha value is -2.65. The van der Waals surface area contributed by atoms with Gasteiger partial charge in [0.2, 0.25) is 0 Å². The number of rotatable bonds is 6. The van der Waals surface area contributed by atoms with Crippen molar-refractivity contribution >= 4 is 73.7 Å². The van der Waals surface area contributed by atoms with Crippen LogP contribution in [0.5, 0.6) is 5.75 Å². The summed E-state index contributed by atoms with van der Waals surface area (Å²) in [5.41, 5.74) is 4.79. The fourth-order valence-corrected chi connectivity index (χ4v) is 4.75. The molecular formula is C24H16BrClN2O3S2. The van der Waals surface area contributed by atoms with Crippen LogP contribution in [0.15, 0.2) is 82.2 Å². The molecule has 2 amide bonds. The predicted molar refractivity (Wildman–Crippen MR) is 139 cm³/mol. The topological polar surface area (TPSA) is 58.6 Å². The summed E-state index contributed by atoms with van der Waals surface area (Å²) in [5.74, 6) is -0.115. The smallest absolute Gasteiger partial charge is 0.285 e. The van der Waals surface area contributed by atoms with E-state index in [0.717, 1.165) is 32.4 Å². The molecule has 1 N–H and O–H groups in total. The summed E-state index contributed by atoms with van der Waals surface area (Å²) in [6, 6.07) is 21.6. The molecule has 1 heterocycles. The molecule has 0 aliphatic carbocycles. The second-order valence-electron chi connectivity index (χ2n) is 6.93. The molecule has 0 aromatic heterocycles. The van der Waals surface area contributed by atoms with Gasteiger partial charge in [0.05, 0.1) is 9.38 Å². The lowest BCUT2D eigenvalue weighted by molar-refractivity contribution is -0.123. The van der Waals surface area contributed by atoms with Gasteiger partial charge in [-0.2, -0.15) is 5.01 Å². The summed E-state index contributed by atoms with van der Waals surface area (Å²) >= 11 is 15.8. The van der Waals surface area contributed by atoms with Gasteiger partial charge in [-0.1, -0.05) is 59.8 Å². The van der Waals surface area contributed by atoms with Crippen LogP contribution in [-0.2, 0) is 11.4 Å². The fraction of sp³-hybridized carbons (Fsp3) is 0.0417. The zero-order chi connectivity index (χ0) is 23.4. The molecule has 3 aromatic carbocycles. The number of hydrazine groups is 1. The van der Waals surface area contributed by atoms with Crippen LogP contribution < -0.4 is 10.2 Å². The van der Waals surface area contributed by atoms with E-state index in [4.69, 9.17) is 28.6 Å². The van der Waals surface area contributed by atoms with Crippen LogP contribution in [0, 0.1) is 0 Å². The van der Waals surface area contributed by atoms with Crippen molar-refractivity contribution in [2.45, 2.75) is 6.61 Å². The number of nitrogens with zero attached hydrogens (tertiary/aromatic N) is 1.